The standard InChI is InChI=1S/C7H7N3S2/c8-2-1-5-12-7(11)6-9-3-4-10-6/h3-4H,1,5H2,(H,9,10). The Bertz CT molecular complexity index is 286. The molecule has 0 atom stereocenters. The van der Waals surface area contributed by atoms with Crippen molar-refractivity contribution in [3.05, 3.63) is 18.2 Å². The first kappa shape index (κ1) is 9.23. The number of nitrogens with one attached hydrogen (secondary N) is 1. The summed E-state index contributed by atoms with van der Waals surface area (Å²) in [6, 6.07) is 2.06. The number of nitrogens with zero attached hydrogens (tertiary/aromatic N) is 2. The third kappa shape index (κ3) is 2.64. The lowest BCUT2D eigenvalue weighted by Gasteiger charge is -1.95. The molecule has 1 aromatic rings. The highest BCUT2D eigenvalue weighted by atomic mass is 32.2. The van der Waals surface area contributed by atoms with E-state index in [1.807, 2.05) is 0 Å². The van der Waals surface area contributed by atoms with Crippen LogP contribution in [0.3, 0.4) is 0 Å². The fourth-order valence-electron chi connectivity index (χ4n) is 0.635. The van der Waals surface area contributed by atoms with E-state index in [0.717, 1.165) is 9.95 Å². The first-order valence-electron chi connectivity index (χ1n) is 3.38. The minimum Gasteiger partial charge on any atom is -0.343 e. The second kappa shape index (κ2) is 4.91. The third-order valence-corrected chi connectivity index (χ3v) is 2.55. The number of H-pyrrole nitrogens is 1. The number of nitriles is 1. The average molecular weight is 197 g/mol. The topological polar surface area (TPSA) is 52.5 Å². The predicted molar refractivity (Wildman–Crippen MR) is 53.0 cm³/mol. The number of aromatic nitrogens is 2. The van der Waals surface area contributed by atoms with Gasteiger partial charge in [0.25, 0.3) is 0 Å². The van der Waals surface area contributed by atoms with Crippen LogP contribution in [0.15, 0.2) is 12.4 Å². The largest absolute Gasteiger partial charge is 0.343 e. The van der Waals surface area contributed by atoms with Gasteiger partial charge in [0.1, 0.15) is 4.20 Å². The SMILES string of the molecule is N#CCCSC(=S)c1ncc[nH]1. The van der Waals surface area contributed by atoms with Crippen LogP contribution in [0.5, 0.6) is 0 Å². The Kier molecular flexibility index (Phi) is 3.77. The Morgan fingerprint density at radius 3 is 3.25 bits per heavy atom. The molecule has 0 aliphatic carbocycles. The van der Waals surface area contributed by atoms with Gasteiger partial charge >= 0.3 is 0 Å². The number of aromatic amines is 1. The van der Waals surface area contributed by atoms with E-state index in [1.54, 1.807) is 12.4 Å². The van der Waals surface area contributed by atoms with Crippen LogP contribution >= 0.6 is 24.0 Å². The highest BCUT2D eigenvalue weighted by molar-refractivity contribution is 8.23. The van der Waals surface area contributed by atoms with Crippen molar-refractivity contribution in [3.8, 4) is 6.07 Å². The quantitative estimate of drug-likeness (QED) is 0.592. The van der Waals surface area contributed by atoms with Gasteiger partial charge in [0.2, 0.25) is 0 Å². The lowest BCUT2D eigenvalue weighted by Crippen LogP contribution is -1.95. The van der Waals surface area contributed by atoms with Crippen LogP contribution in [-0.2, 0) is 0 Å². The molecule has 3 nitrogen and oxygen atoms in total. The first-order valence-corrected chi connectivity index (χ1v) is 4.77. The Morgan fingerprint density at radius 2 is 2.67 bits per heavy atom. The molecule has 1 N–H and O–H groups in total. The van der Waals surface area contributed by atoms with Crippen molar-refractivity contribution in [1.29, 1.82) is 5.26 Å². The molecule has 0 aliphatic heterocycles. The minimum absolute atomic E-state index is 0.519. The minimum atomic E-state index is 0.519. The maximum Gasteiger partial charge on any atom is 0.154 e. The Balaban J connectivity index is 2.36. The monoisotopic (exact) mass is 197 g/mol. The van der Waals surface area contributed by atoms with Gasteiger partial charge in [-0.1, -0.05) is 12.2 Å². The van der Waals surface area contributed by atoms with Crippen LogP contribution in [0.25, 0.3) is 0 Å². The van der Waals surface area contributed by atoms with Gasteiger partial charge in [0.15, 0.2) is 5.82 Å². The molecule has 0 bridgehead atoms. The van der Waals surface area contributed by atoms with E-state index in [4.69, 9.17) is 17.5 Å². The maximum atomic E-state index is 8.28. The molecule has 0 unspecified atom stereocenters. The normalized spacial score (nSPS) is 9.25. The summed E-state index contributed by atoms with van der Waals surface area (Å²) < 4.78 is 0.718. The van der Waals surface area contributed by atoms with Gasteiger partial charge in [-0.15, -0.1) is 11.8 Å². The van der Waals surface area contributed by atoms with Crippen molar-refractivity contribution in [2.24, 2.45) is 0 Å². The molecule has 12 heavy (non-hydrogen) atoms. The summed E-state index contributed by atoms with van der Waals surface area (Å²) in [5.41, 5.74) is 0. The molecule has 62 valence electrons. The number of hydrogen-bond acceptors (Lipinski definition) is 4. The molecule has 0 aromatic carbocycles. The Hall–Kier alpha value is -0.860. The number of rotatable bonds is 3. The van der Waals surface area contributed by atoms with Crippen LogP contribution in [-0.4, -0.2) is 19.9 Å². The lowest BCUT2D eigenvalue weighted by atomic mass is 10.6. The molecule has 1 aromatic heterocycles. The van der Waals surface area contributed by atoms with E-state index in [0.29, 0.717) is 12.2 Å². The van der Waals surface area contributed by atoms with Gasteiger partial charge in [-0.05, 0) is 0 Å². The zero-order valence-corrected chi connectivity index (χ0v) is 7.91. The summed E-state index contributed by atoms with van der Waals surface area (Å²) in [4.78, 5) is 6.90. The van der Waals surface area contributed by atoms with Crippen molar-refractivity contribution >= 4 is 28.2 Å². The first-order chi connectivity index (χ1) is 5.84. The Morgan fingerprint density at radius 1 is 1.83 bits per heavy atom. The van der Waals surface area contributed by atoms with E-state index >= 15 is 0 Å². The van der Waals surface area contributed by atoms with Gasteiger partial charge in [-0.3, -0.25) is 0 Å². The van der Waals surface area contributed by atoms with Crippen LogP contribution in [0.1, 0.15) is 12.2 Å². The maximum absolute atomic E-state index is 8.28. The van der Waals surface area contributed by atoms with Crippen molar-refractivity contribution in [3.63, 3.8) is 0 Å². The second-order valence-electron chi connectivity index (χ2n) is 1.98. The molecule has 0 saturated heterocycles. The second-order valence-corrected chi connectivity index (χ2v) is 3.75. The van der Waals surface area contributed by atoms with Gasteiger partial charge in [-0.25, -0.2) is 4.98 Å². The smallest absolute Gasteiger partial charge is 0.154 e. The van der Waals surface area contributed by atoms with Crippen molar-refractivity contribution in [2.45, 2.75) is 6.42 Å². The molecular weight excluding hydrogens is 190 g/mol. The summed E-state index contributed by atoms with van der Waals surface area (Å²) in [5, 5.41) is 8.28. The summed E-state index contributed by atoms with van der Waals surface area (Å²) in [6.45, 7) is 0. The van der Waals surface area contributed by atoms with Crippen LogP contribution < -0.4 is 0 Å². The number of thioether (sulfide) groups is 1. The van der Waals surface area contributed by atoms with Crippen LogP contribution in [0, 0.1) is 11.3 Å². The zero-order chi connectivity index (χ0) is 8.81. The third-order valence-electron chi connectivity index (χ3n) is 1.14. The molecule has 0 spiro atoms. The molecule has 1 heterocycles. The van der Waals surface area contributed by atoms with Crippen molar-refractivity contribution in [2.75, 3.05) is 5.75 Å². The van der Waals surface area contributed by atoms with E-state index in [-0.39, 0.29) is 0 Å². The van der Waals surface area contributed by atoms with E-state index in [9.17, 15) is 0 Å². The molecular formula is C7H7N3S2. The van der Waals surface area contributed by atoms with Gasteiger partial charge in [0, 0.05) is 24.6 Å². The van der Waals surface area contributed by atoms with Crippen LogP contribution in [0.4, 0.5) is 0 Å². The highest BCUT2D eigenvalue weighted by Crippen LogP contribution is 2.10. The molecule has 0 aliphatic rings. The summed E-state index contributed by atoms with van der Waals surface area (Å²) in [6.07, 6.45) is 3.91. The highest BCUT2D eigenvalue weighted by Gasteiger charge is 2.02. The summed E-state index contributed by atoms with van der Waals surface area (Å²) in [5.74, 6) is 1.45. The fraction of sp³-hybridized carbons (Fsp3) is 0.286. The van der Waals surface area contributed by atoms with Gasteiger partial charge in [-0.2, -0.15) is 5.26 Å². The summed E-state index contributed by atoms with van der Waals surface area (Å²) >= 11 is 6.52. The van der Waals surface area contributed by atoms with Crippen LogP contribution in [0.2, 0.25) is 0 Å². The van der Waals surface area contributed by atoms with E-state index in [2.05, 4.69) is 16.0 Å². The molecule has 0 radical (unpaired) electrons. The fourth-order valence-corrected chi connectivity index (χ4v) is 1.62. The molecule has 0 amide bonds. The predicted octanol–water partition coefficient (Wildman–Crippen LogP) is 1.73. The number of imidazole rings is 1. The van der Waals surface area contributed by atoms with Crippen molar-refractivity contribution in [1.82, 2.24) is 9.97 Å². The molecule has 5 heteroatoms. The Labute approximate surface area is 80.2 Å². The lowest BCUT2D eigenvalue weighted by molar-refractivity contribution is 1.24. The van der Waals surface area contributed by atoms with Crippen molar-refractivity contribution < 1.29 is 0 Å². The van der Waals surface area contributed by atoms with E-state index < -0.39 is 0 Å². The zero-order valence-electron chi connectivity index (χ0n) is 6.28. The van der Waals surface area contributed by atoms with E-state index in [1.165, 1.54) is 11.8 Å². The van der Waals surface area contributed by atoms with Gasteiger partial charge < -0.3 is 4.98 Å². The number of hydrogen-bond donors (Lipinski definition) is 1. The molecule has 0 fully saturated rings. The number of thiocarbonyl (C=S) groups is 1. The molecule has 1 rings (SSSR count). The molecule has 0 saturated carbocycles. The van der Waals surface area contributed by atoms with Gasteiger partial charge in [0.05, 0.1) is 6.07 Å². The summed E-state index contributed by atoms with van der Waals surface area (Å²) in [7, 11) is 0. The average Bonchev–Trinajstić information content (AvgIpc) is 2.56.